The van der Waals surface area contributed by atoms with Gasteiger partial charge in [-0.1, -0.05) is 17.5 Å². The molecule has 0 aromatic carbocycles. The Bertz CT molecular complexity index is 165. The van der Waals surface area contributed by atoms with Crippen LogP contribution in [-0.2, 0) is 0 Å². The fraction of sp³-hybridized carbons (Fsp3) is 0.143. The van der Waals surface area contributed by atoms with Gasteiger partial charge in [0, 0.05) is 11.8 Å². The lowest BCUT2D eigenvalue weighted by Gasteiger charge is -1.80. The van der Waals surface area contributed by atoms with E-state index in [0.717, 1.165) is 0 Å². The Hall–Kier alpha value is -1.16. The van der Waals surface area contributed by atoms with Gasteiger partial charge in [-0.15, -0.1) is 0 Å². The fourth-order valence-electron chi connectivity index (χ4n) is 0.218. The number of nitrogens with two attached hydrogens (primary N) is 1. The van der Waals surface area contributed by atoms with Crippen molar-refractivity contribution in [2.45, 2.75) is 6.92 Å². The second-order valence-electron chi connectivity index (χ2n) is 1.25. The zero-order valence-corrected chi connectivity index (χ0v) is 4.94. The molecule has 0 rings (SSSR count). The third-order valence-corrected chi connectivity index (χ3v) is 0.674. The molecule has 0 saturated carbocycles. The summed E-state index contributed by atoms with van der Waals surface area (Å²) in [4.78, 5) is 0. The van der Waals surface area contributed by atoms with Gasteiger partial charge in [-0.2, -0.15) is 0 Å². The maximum Gasteiger partial charge on any atom is 0.0355 e. The molecule has 0 unspecified atom stereocenters. The van der Waals surface area contributed by atoms with Crippen LogP contribution in [-0.4, -0.2) is 0 Å². The standard InChI is InChI=1S/C7H9N/c1-3-5-6-7(8)4-2/h4,6H,1,8H2,2H3/b7-4+. The second-order valence-corrected chi connectivity index (χ2v) is 1.25. The highest BCUT2D eigenvalue weighted by molar-refractivity contribution is 5.12. The van der Waals surface area contributed by atoms with Gasteiger partial charge in [0.2, 0.25) is 0 Å². The summed E-state index contributed by atoms with van der Waals surface area (Å²) in [6.45, 7) is 5.17. The molecule has 0 aliphatic carbocycles. The van der Waals surface area contributed by atoms with Crippen molar-refractivity contribution < 1.29 is 0 Å². The largest absolute Gasteiger partial charge is 0.398 e. The Balaban J connectivity index is 4.11. The molecule has 0 aromatic heterocycles. The van der Waals surface area contributed by atoms with E-state index in [0.29, 0.717) is 5.70 Å². The van der Waals surface area contributed by atoms with E-state index >= 15 is 0 Å². The van der Waals surface area contributed by atoms with Crippen molar-refractivity contribution in [3.05, 3.63) is 35.9 Å². The van der Waals surface area contributed by atoms with Crippen LogP contribution in [0.15, 0.2) is 35.9 Å². The molecule has 1 heteroatoms. The smallest absolute Gasteiger partial charge is 0.0355 e. The lowest BCUT2D eigenvalue weighted by molar-refractivity contribution is 1.40. The third kappa shape index (κ3) is 3.05. The third-order valence-electron chi connectivity index (χ3n) is 0.674. The van der Waals surface area contributed by atoms with Crippen LogP contribution in [0.3, 0.4) is 0 Å². The summed E-state index contributed by atoms with van der Waals surface area (Å²) in [6, 6.07) is 0. The Morgan fingerprint density at radius 3 is 2.75 bits per heavy atom. The lowest BCUT2D eigenvalue weighted by atomic mass is 10.4. The van der Waals surface area contributed by atoms with Gasteiger partial charge in [0.1, 0.15) is 0 Å². The predicted octanol–water partition coefficient (Wildman–Crippen LogP) is 1.35. The summed E-state index contributed by atoms with van der Waals surface area (Å²) in [5, 5.41) is 0. The van der Waals surface area contributed by atoms with Crippen LogP contribution in [0.2, 0.25) is 0 Å². The maximum atomic E-state index is 5.33. The van der Waals surface area contributed by atoms with E-state index < -0.39 is 0 Å². The van der Waals surface area contributed by atoms with Gasteiger partial charge in [0.25, 0.3) is 0 Å². The van der Waals surface area contributed by atoms with Gasteiger partial charge < -0.3 is 5.73 Å². The lowest BCUT2D eigenvalue weighted by Crippen LogP contribution is -1.89. The molecule has 0 saturated heterocycles. The molecule has 0 bridgehead atoms. The fourth-order valence-corrected chi connectivity index (χ4v) is 0.218. The number of rotatable bonds is 1. The van der Waals surface area contributed by atoms with E-state index in [1.165, 1.54) is 0 Å². The molecular formula is C7H9N. The van der Waals surface area contributed by atoms with E-state index in [4.69, 9.17) is 5.73 Å². The molecule has 0 aromatic rings. The molecule has 0 amide bonds. The van der Waals surface area contributed by atoms with E-state index in [-0.39, 0.29) is 0 Å². The van der Waals surface area contributed by atoms with E-state index in [2.05, 4.69) is 18.0 Å². The summed E-state index contributed by atoms with van der Waals surface area (Å²) in [5.41, 5.74) is 11.1. The minimum atomic E-state index is 0.682. The molecule has 1 nitrogen and oxygen atoms in total. The molecule has 42 valence electrons. The second kappa shape index (κ2) is 4.01. The topological polar surface area (TPSA) is 26.0 Å². The van der Waals surface area contributed by atoms with Gasteiger partial charge in [-0.3, -0.25) is 0 Å². The van der Waals surface area contributed by atoms with E-state index in [1.54, 1.807) is 12.2 Å². The average molecular weight is 107 g/mol. The van der Waals surface area contributed by atoms with Crippen LogP contribution in [0.25, 0.3) is 0 Å². The summed E-state index contributed by atoms with van der Waals surface area (Å²) in [6.07, 6.45) is 3.40. The van der Waals surface area contributed by atoms with Crippen molar-refractivity contribution in [2.24, 2.45) is 5.73 Å². The van der Waals surface area contributed by atoms with Crippen LogP contribution < -0.4 is 5.73 Å². The number of hydrogen-bond donors (Lipinski definition) is 1. The van der Waals surface area contributed by atoms with Gasteiger partial charge >= 0.3 is 0 Å². The van der Waals surface area contributed by atoms with E-state index in [1.807, 2.05) is 6.92 Å². The molecule has 0 spiro atoms. The van der Waals surface area contributed by atoms with Gasteiger partial charge in [-0.05, 0) is 13.5 Å². The first-order valence-corrected chi connectivity index (χ1v) is 2.34. The summed E-state index contributed by atoms with van der Waals surface area (Å²) in [5.74, 6) is 0. The molecular weight excluding hydrogens is 98.1 g/mol. The zero-order valence-electron chi connectivity index (χ0n) is 4.94. The first kappa shape index (κ1) is 6.84. The Kier molecular flexibility index (Phi) is 3.43. The summed E-state index contributed by atoms with van der Waals surface area (Å²) < 4.78 is 0. The quantitative estimate of drug-likeness (QED) is 0.397. The van der Waals surface area contributed by atoms with Crippen molar-refractivity contribution >= 4 is 0 Å². The SMILES string of the molecule is C=C=C=C/C(N)=C\C. The number of allylic oxidation sites excluding steroid dienone is 2. The van der Waals surface area contributed by atoms with Gasteiger partial charge in [0.15, 0.2) is 0 Å². The molecule has 2 N–H and O–H groups in total. The summed E-state index contributed by atoms with van der Waals surface area (Å²) in [7, 11) is 0. The van der Waals surface area contributed by atoms with Crippen LogP contribution in [0.5, 0.6) is 0 Å². The highest BCUT2D eigenvalue weighted by Crippen LogP contribution is 1.80. The van der Waals surface area contributed by atoms with Crippen molar-refractivity contribution in [3.8, 4) is 0 Å². The first-order valence-electron chi connectivity index (χ1n) is 2.34. The minimum Gasteiger partial charge on any atom is -0.398 e. The highest BCUT2D eigenvalue weighted by Gasteiger charge is 1.69. The summed E-state index contributed by atoms with van der Waals surface area (Å²) >= 11 is 0. The Morgan fingerprint density at radius 2 is 2.38 bits per heavy atom. The monoisotopic (exact) mass is 107 g/mol. The van der Waals surface area contributed by atoms with E-state index in [9.17, 15) is 0 Å². The minimum absolute atomic E-state index is 0.682. The van der Waals surface area contributed by atoms with Crippen molar-refractivity contribution in [1.82, 2.24) is 0 Å². The number of hydrogen-bond acceptors (Lipinski definition) is 1. The highest BCUT2D eigenvalue weighted by atomic mass is 14.5. The van der Waals surface area contributed by atoms with Gasteiger partial charge in [-0.25, -0.2) is 0 Å². The molecule has 0 heterocycles. The molecule has 0 aliphatic heterocycles. The van der Waals surface area contributed by atoms with Gasteiger partial charge in [0.05, 0.1) is 0 Å². The first-order chi connectivity index (χ1) is 3.81. The van der Waals surface area contributed by atoms with Crippen LogP contribution in [0.4, 0.5) is 0 Å². The van der Waals surface area contributed by atoms with Crippen LogP contribution in [0, 0.1) is 0 Å². The molecule has 0 atom stereocenters. The predicted molar refractivity (Wildman–Crippen MR) is 35.2 cm³/mol. The average Bonchev–Trinajstić information content (AvgIpc) is 1.83. The zero-order chi connectivity index (χ0) is 6.41. The maximum absolute atomic E-state index is 5.33. The molecule has 0 aliphatic rings. The van der Waals surface area contributed by atoms with Crippen LogP contribution >= 0.6 is 0 Å². The van der Waals surface area contributed by atoms with Crippen molar-refractivity contribution in [3.63, 3.8) is 0 Å². The molecule has 8 heavy (non-hydrogen) atoms. The normalized spacial score (nSPS) is 9.38. The molecule has 0 fully saturated rings. The Morgan fingerprint density at radius 1 is 1.75 bits per heavy atom. The Labute approximate surface area is 49.5 Å². The van der Waals surface area contributed by atoms with Crippen LogP contribution in [0.1, 0.15) is 6.92 Å². The van der Waals surface area contributed by atoms with Crippen molar-refractivity contribution in [2.75, 3.05) is 0 Å². The molecule has 0 radical (unpaired) electrons. The van der Waals surface area contributed by atoms with Crippen molar-refractivity contribution in [1.29, 1.82) is 0 Å².